The molecule has 0 saturated heterocycles. The van der Waals surface area contributed by atoms with Gasteiger partial charge in [0, 0.05) is 30.0 Å². The molecule has 0 spiro atoms. The molecule has 1 saturated carbocycles. The number of benzene rings is 1. The minimum atomic E-state index is -4.22. The molecule has 1 aliphatic rings. The quantitative estimate of drug-likeness (QED) is 0.246. The lowest BCUT2D eigenvalue weighted by Crippen LogP contribution is -2.30. The second kappa shape index (κ2) is 12.8. The Bertz CT molecular complexity index is 1580. The van der Waals surface area contributed by atoms with Gasteiger partial charge < -0.3 is 10.1 Å². The maximum Gasteiger partial charge on any atom is 0.306 e. The Balaban J connectivity index is 1.41. The fourth-order valence-electron chi connectivity index (χ4n) is 5.25. The lowest BCUT2D eigenvalue weighted by molar-refractivity contribution is -0.156. The van der Waals surface area contributed by atoms with E-state index < -0.39 is 45.1 Å². The summed E-state index contributed by atoms with van der Waals surface area (Å²) in [7, 11) is -4.22. The molecule has 1 N–H and O–H groups in total. The highest BCUT2D eigenvalue weighted by molar-refractivity contribution is 7.90. The molecule has 2 aromatic heterocycles. The number of nitrogens with one attached hydrogen (secondary N) is 1. The number of ether oxygens (including phenoxy) is 1. The summed E-state index contributed by atoms with van der Waals surface area (Å²) in [6.45, 7) is 8.66. The Hall–Kier alpha value is -3.28. The van der Waals surface area contributed by atoms with E-state index in [0.717, 1.165) is 37.3 Å². The van der Waals surface area contributed by atoms with Crippen molar-refractivity contribution in [3.8, 4) is 11.3 Å². The van der Waals surface area contributed by atoms with Crippen LogP contribution >= 0.6 is 0 Å². The van der Waals surface area contributed by atoms with E-state index in [9.17, 15) is 26.4 Å². The van der Waals surface area contributed by atoms with Gasteiger partial charge in [0.15, 0.2) is 9.84 Å². The zero-order chi connectivity index (χ0) is 31.6. The van der Waals surface area contributed by atoms with Gasteiger partial charge >= 0.3 is 5.97 Å². The lowest BCUT2D eigenvalue weighted by Gasteiger charge is -2.29. The number of fused-ring (bicyclic) bond motifs is 1. The molecule has 0 atom stereocenters. The zero-order valence-electron chi connectivity index (χ0n) is 25.2. The van der Waals surface area contributed by atoms with E-state index in [0.29, 0.717) is 40.6 Å². The second-order valence-electron chi connectivity index (χ2n) is 12.5. The van der Waals surface area contributed by atoms with Crippen LogP contribution in [-0.2, 0) is 25.1 Å². The number of rotatable bonds is 10. The Morgan fingerprint density at radius 1 is 1.09 bits per heavy atom. The molecule has 0 aliphatic heterocycles. The first-order valence-electron chi connectivity index (χ1n) is 14.5. The first-order chi connectivity index (χ1) is 20.0. The molecule has 1 aliphatic carbocycles. The van der Waals surface area contributed by atoms with E-state index in [1.165, 1.54) is 19.1 Å². The Morgan fingerprint density at radius 2 is 1.79 bits per heavy atom. The molecule has 0 amide bonds. The Kier molecular flexibility index (Phi) is 9.68. The molecule has 234 valence electrons. The number of hydrogen-bond donors (Lipinski definition) is 1. The van der Waals surface area contributed by atoms with E-state index in [2.05, 4.69) is 20.3 Å². The first kappa shape index (κ1) is 32.6. The van der Waals surface area contributed by atoms with Crippen LogP contribution in [0.3, 0.4) is 0 Å². The Labute approximate surface area is 250 Å². The van der Waals surface area contributed by atoms with Crippen molar-refractivity contribution in [1.29, 1.82) is 0 Å². The van der Waals surface area contributed by atoms with Crippen LogP contribution < -0.4 is 5.32 Å². The summed E-state index contributed by atoms with van der Waals surface area (Å²) in [5.41, 5.74) is 2.14. The molecule has 0 bridgehead atoms. The average Bonchev–Trinajstić information content (AvgIpc) is 2.89. The topological polar surface area (TPSA) is 111 Å². The fourth-order valence-corrected chi connectivity index (χ4v) is 6.91. The summed E-state index contributed by atoms with van der Waals surface area (Å²) in [4.78, 5) is 25.8. The molecule has 0 unspecified atom stereocenters. The van der Waals surface area contributed by atoms with E-state index in [4.69, 9.17) is 4.74 Å². The third kappa shape index (κ3) is 9.11. The van der Waals surface area contributed by atoms with Crippen LogP contribution in [-0.4, -0.2) is 52.7 Å². The van der Waals surface area contributed by atoms with Gasteiger partial charge in [0.05, 0.1) is 23.2 Å². The number of aryl methyl sites for hydroxylation is 1. The number of esters is 1. The normalized spacial score (nSPS) is 18.0. The average molecular weight is 621 g/mol. The maximum absolute atomic E-state index is 14.9. The van der Waals surface area contributed by atoms with Gasteiger partial charge in [-0.3, -0.25) is 4.79 Å². The smallest absolute Gasteiger partial charge is 0.306 e. The fraction of sp³-hybridized carbons (Fsp3) is 0.548. The van der Waals surface area contributed by atoms with Crippen molar-refractivity contribution in [2.45, 2.75) is 96.5 Å². The molecular formula is C31H39F3N4O4S. The maximum atomic E-state index is 14.9. The van der Waals surface area contributed by atoms with Crippen LogP contribution in [0.25, 0.3) is 22.3 Å². The van der Waals surface area contributed by atoms with E-state index in [-0.39, 0.29) is 17.6 Å². The Morgan fingerprint density at radius 3 is 2.42 bits per heavy atom. The predicted octanol–water partition coefficient (Wildman–Crippen LogP) is 6.80. The van der Waals surface area contributed by atoms with Crippen molar-refractivity contribution in [3.63, 3.8) is 0 Å². The van der Waals surface area contributed by atoms with Crippen LogP contribution in [0.4, 0.5) is 19.1 Å². The summed E-state index contributed by atoms with van der Waals surface area (Å²) in [5.74, 6) is -5.69. The number of hydrogen-bond acceptors (Lipinski definition) is 8. The number of sulfone groups is 1. The predicted molar refractivity (Wildman–Crippen MR) is 160 cm³/mol. The minimum absolute atomic E-state index is 0.162. The summed E-state index contributed by atoms with van der Waals surface area (Å²) >= 11 is 0. The van der Waals surface area contributed by atoms with Crippen molar-refractivity contribution in [3.05, 3.63) is 47.4 Å². The SMILES string of the molecule is CCC(F)(F)CS(=O)(=O)Cc1ccc(-c2cc(C)c3nc(NC4CCC(CC(=O)OC(C)(C)C)CC4)ncc3n2)cc1F. The number of carbonyl (C=O) groups is 1. The molecular weight excluding hydrogens is 581 g/mol. The van der Waals surface area contributed by atoms with Crippen molar-refractivity contribution < 1.29 is 31.1 Å². The van der Waals surface area contributed by atoms with Crippen LogP contribution in [0.15, 0.2) is 30.5 Å². The summed E-state index contributed by atoms with van der Waals surface area (Å²) < 4.78 is 72.0. The van der Waals surface area contributed by atoms with E-state index in [1.54, 1.807) is 12.3 Å². The third-order valence-corrected chi connectivity index (χ3v) is 9.08. The largest absolute Gasteiger partial charge is 0.460 e. The van der Waals surface area contributed by atoms with Crippen LogP contribution in [0, 0.1) is 18.7 Å². The van der Waals surface area contributed by atoms with Crippen molar-refractivity contribution in [1.82, 2.24) is 15.0 Å². The standard InChI is InChI=1S/C31H39F3N4O4S/c1-6-31(33,34)18-43(40,41)17-22-10-9-21(15-24(22)32)25-13-19(2)28-26(37-25)16-35-29(38-28)36-23-11-7-20(8-12-23)14-27(39)42-30(3,4)5/h9-10,13,15-16,20,23H,6-8,11-12,14,17-18H2,1-5H3,(H,35,36,38). The second-order valence-corrected chi connectivity index (χ2v) is 14.5. The molecule has 3 aromatic rings. The molecule has 8 nitrogen and oxygen atoms in total. The van der Waals surface area contributed by atoms with Gasteiger partial charge in [-0.2, -0.15) is 0 Å². The van der Waals surface area contributed by atoms with Gasteiger partial charge in [-0.25, -0.2) is 36.5 Å². The highest BCUT2D eigenvalue weighted by Crippen LogP contribution is 2.31. The molecule has 0 radical (unpaired) electrons. The summed E-state index contributed by atoms with van der Waals surface area (Å²) in [6.07, 6.45) is 4.99. The number of nitrogens with zero attached hydrogens (tertiary/aromatic N) is 3. The highest BCUT2D eigenvalue weighted by atomic mass is 32.2. The number of pyridine rings is 1. The zero-order valence-corrected chi connectivity index (χ0v) is 26.0. The lowest BCUT2D eigenvalue weighted by atomic mass is 9.84. The number of carbonyl (C=O) groups excluding carboxylic acids is 1. The van der Waals surface area contributed by atoms with Crippen molar-refractivity contribution in [2.75, 3.05) is 11.1 Å². The molecule has 1 aromatic carbocycles. The molecule has 4 rings (SSSR count). The van der Waals surface area contributed by atoms with Gasteiger partial charge in [0.2, 0.25) is 5.95 Å². The highest BCUT2D eigenvalue weighted by Gasteiger charge is 2.34. The molecule has 2 heterocycles. The van der Waals surface area contributed by atoms with Gasteiger partial charge in [-0.1, -0.05) is 19.1 Å². The van der Waals surface area contributed by atoms with Gasteiger partial charge in [-0.05, 0) is 77.0 Å². The van der Waals surface area contributed by atoms with Crippen molar-refractivity contribution >= 4 is 32.8 Å². The van der Waals surface area contributed by atoms with Crippen LogP contribution in [0.1, 0.15) is 77.3 Å². The van der Waals surface area contributed by atoms with Gasteiger partial charge in [0.1, 0.15) is 22.7 Å². The van der Waals surface area contributed by atoms with Crippen molar-refractivity contribution in [2.24, 2.45) is 5.92 Å². The minimum Gasteiger partial charge on any atom is -0.460 e. The van der Waals surface area contributed by atoms with Gasteiger partial charge in [-0.15, -0.1) is 0 Å². The van der Waals surface area contributed by atoms with E-state index in [1.807, 2.05) is 27.7 Å². The number of alkyl halides is 2. The summed E-state index contributed by atoms with van der Waals surface area (Å²) in [6, 6.07) is 5.91. The van der Waals surface area contributed by atoms with Gasteiger partial charge in [0.25, 0.3) is 5.92 Å². The third-order valence-electron chi connectivity index (χ3n) is 7.47. The number of aromatic nitrogens is 3. The van der Waals surface area contributed by atoms with E-state index >= 15 is 0 Å². The molecule has 43 heavy (non-hydrogen) atoms. The van der Waals surface area contributed by atoms with Crippen LogP contribution in [0.2, 0.25) is 0 Å². The summed E-state index contributed by atoms with van der Waals surface area (Å²) in [5, 5.41) is 3.40. The molecule has 1 fully saturated rings. The molecule has 12 heteroatoms. The monoisotopic (exact) mass is 620 g/mol. The number of anilines is 1. The first-order valence-corrected chi connectivity index (χ1v) is 16.3. The van der Waals surface area contributed by atoms with Crippen LogP contribution in [0.5, 0.6) is 0 Å². The number of halogens is 3.